The summed E-state index contributed by atoms with van der Waals surface area (Å²) in [7, 11) is 0. The van der Waals surface area contributed by atoms with Crippen LogP contribution in [0.25, 0.3) is 233 Å². The van der Waals surface area contributed by atoms with Crippen molar-refractivity contribution in [1.29, 1.82) is 5.26 Å². The van der Waals surface area contributed by atoms with Gasteiger partial charge in [0.05, 0.1) is 83.2 Å². The Morgan fingerprint density at radius 1 is 0.164 bits per heavy atom. The van der Waals surface area contributed by atoms with Crippen LogP contribution in [0.5, 0.6) is 0 Å². The lowest BCUT2D eigenvalue weighted by Crippen LogP contribution is -2.03. The fourth-order valence-corrected chi connectivity index (χ4v) is 20.2. The van der Waals surface area contributed by atoms with Crippen molar-refractivity contribution in [1.82, 2.24) is 52.3 Å². The van der Waals surface area contributed by atoms with E-state index in [4.69, 9.17) is 24.9 Å². The predicted molar refractivity (Wildman–Crippen MR) is 552 cm³/mol. The number of rotatable bonds is 12. The molecule has 19 aromatic carbocycles. The molecule has 8 aromatic heterocycles. The molecule has 0 amide bonds. The number of benzene rings is 19. The number of nitriles is 1. The molecule has 0 saturated carbocycles. The molecule has 0 N–H and O–H groups in total. The Hall–Kier alpha value is -18.4. The molecule has 0 saturated heterocycles. The zero-order chi connectivity index (χ0) is 88.7. The molecular weight excluding hydrogens is 1630 g/mol. The normalized spacial score (nSPS) is 11.6. The lowest BCUT2D eigenvalue weighted by molar-refractivity contribution is 1.07. The number of nitrogens with zero attached hydrogens (tertiary/aromatic N) is 12. The van der Waals surface area contributed by atoms with Crippen LogP contribution in [0.3, 0.4) is 0 Å². The van der Waals surface area contributed by atoms with Gasteiger partial charge in [0.15, 0.2) is 23.3 Å². The van der Waals surface area contributed by atoms with Gasteiger partial charge in [-0.15, -0.1) is 0 Å². The first-order valence-corrected chi connectivity index (χ1v) is 45.1. The Balaban J connectivity index is 0.000000110. The highest BCUT2D eigenvalue weighted by Gasteiger charge is 2.27. The van der Waals surface area contributed by atoms with Gasteiger partial charge in [0, 0.05) is 132 Å². The summed E-state index contributed by atoms with van der Waals surface area (Å²) in [5, 5.41) is 24.2. The van der Waals surface area contributed by atoms with E-state index in [1.165, 1.54) is 65.2 Å². The van der Waals surface area contributed by atoms with Crippen LogP contribution in [0.15, 0.2) is 473 Å². The SMILES string of the molecule is N#Cc1cccc2c3cc(-n4c5ccccc5c5ccccc54)ccc3n(-c3ccccc3)c12.c1ccc(-c2cc(-c3cccc4c5cc(-n6c7ccccc7c7ccccc76)ccc5n(-c5ccccc5)c34)nc(-c3ccccc3)n2)cc1.c1ccc(-c2nc(-c3ccccc3)nc(-c3cc(-n4c5ccccc5c5ccccc54)cc4c5ccccc5n(-c5ccccc5)c34)n2)cc1. The first-order valence-electron chi connectivity index (χ1n) is 45.1. The molecule has 27 rings (SSSR count). The van der Waals surface area contributed by atoms with Crippen molar-refractivity contribution in [2.75, 3.05) is 0 Å². The topological polar surface area (TPSA) is 118 Å². The Morgan fingerprint density at radius 2 is 0.448 bits per heavy atom. The third-order valence-corrected chi connectivity index (χ3v) is 26.0. The van der Waals surface area contributed by atoms with Gasteiger partial charge >= 0.3 is 0 Å². The summed E-state index contributed by atoms with van der Waals surface area (Å²) in [6.07, 6.45) is 0. The first-order chi connectivity index (χ1) is 66.5. The molecular formula is C122H78N12. The highest BCUT2D eigenvalue weighted by molar-refractivity contribution is 6.19. The molecule has 0 fully saturated rings. The zero-order valence-electron chi connectivity index (χ0n) is 72.4. The molecule has 12 heteroatoms. The minimum Gasteiger partial charge on any atom is -0.309 e. The van der Waals surface area contributed by atoms with Crippen molar-refractivity contribution >= 4 is 131 Å². The molecule has 8 heterocycles. The summed E-state index contributed by atoms with van der Waals surface area (Å²) in [5.41, 5.74) is 28.4. The van der Waals surface area contributed by atoms with Gasteiger partial charge in [-0.1, -0.05) is 334 Å². The Kier molecular flexibility index (Phi) is 19.0. The zero-order valence-corrected chi connectivity index (χ0v) is 72.4. The summed E-state index contributed by atoms with van der Waals surface area (Å²) >= 11 is 0. The van der Waals surface area contributed by atoms with Crippen LogP contribution < -0.4 is 0 Å². The highest BCUT2D eigenvalue weighted by Crippen LogP contribution is 2.46. The number of aromatic nitrogens is 11. The molecule has 626 valence electrons. The average molecular weight is 1710 g/mol. The van der Waals surface area contributed by atoms with Crippen LogP contribution in [0.4, 0.5) is 0 Å². The molecule has 0 spiro atoms. The van der Waals surface area contributed by atoms with Gasteiger partial charge in [0.1, 0.15) is 6.07 Å². The minimum absolute atomic E-state index is 0.616. The lowest BCUT2D eigenvalue weighted by atomic mass is 10.0. The summed E-state index contributed by atoms with van der Waals surface area (Å²) in [6.45, 7) is 0. The molecule has 134 heavy (non-hydrogen) atoms. The molecule has 0 aliphatic heterocycles. The largest absolute Gasteiger partial charge is 0.309 e. The predicted octanol–water partition coefficient (Wildman–Crippen LogP) is 30.5. The number of hydrogen-bond donors (Lipinski definition) is 0. The fourth-order valence-electron chi connectivity index (χ4n) is 20.2. The second-order valence-electron chi connectivity index (χ2n) is 33.7. The van der Waals surface area contributed by atoms with Crippen LogP contribution in [0.1, 0.15) is 5.56 Å². The maximum absolute atomic E-state index is 9.91. The van der Waals surface area contributed by atoms with Gasteiger partial charge in [0.2, 0.25) is 0 Å². The second-order valence-corrected chi connectivity index (χ2v) is 33.7. The van der Waals surface area contributed by atoms with E-state index in [0.29, 0.717) is 28.9 Å². The maximum Gasteiger partial charge on any atom is 0.166 e. The summed E-state index contributed by atoms with van der Waals surface area (Å²) in [4.78, 5) is 25.9. The van der Waals surface area contributed by atoms with Gasteiger partial charge in [-0.3, -0.25) is 0 Å². The van der Waals surface area contributed by atoms with Crippen LogP contribution in [0.2, 0.25) is 0 Å². The van der Waals surface area contributed by atoms with Gasteiger partial charge < -0.3 is 27.4 Å². The number of fused-ring (bicyclic) bond motifs is 18. The van der Waals surface area contributed by atoms with Gasteiger partial charge in [-0.05, 0) is 140 Å². The van der Waals surface area contributed by atoms with Crippen molar-refractivity contribution in [2.24, 2.45) is 0 Å². The van der Waals surface area contributed by atoms with E-state index in [-0.39, 0.29) is 0 Å². The third-order valence-electron chi connectivity index (χ3n) is 26.0. The fraction of sp³-hybridized carbons (Fsp3) is 0. The van der Waals surface area contributed by atoms with Crippen LogP contribution >= 0.6 is 0 Å². The van der Waals surface area contributed by atoms with Gasteiger partial charge in [-0.2, -0.15) is 5.26 Å². The maximum atomic E-state index is 9.91. The van der Waals surface area contributed by atoms with E-state index >= 15 is 0 Å². The monoisotopic (exact) mass is 1710 g/mol. The average Bonchev–Trinajstić information content (AvgIpc) is 1.54. The van der Waals surface area contributed by atoms with Crippen molar-refractivity contribution in [3.8, 4) is 108 Å². The Labute approximate surface area is 770 Å². The minimum atomic E-state index is 0.616. The van der Waals surface area contributed by atoms with Crippen molar-refractivity contribution in [3.05, 3.63) is 479 Å². The molecule has 0 radical (unpaired) electrons. The van der Waals surface area contributed by atoms with Crippen LogP contribution in [0, 0.1) is 11.3 Å². The molecule has 0 bridgehead atoms. The molecule has 12 nitrogen and oxygen atoms in total. The lowest BCUT2D eigenvalue weighted by Gasteiger charge is -2.15. The van der Waals surface area contributed by atoms with E-state index in [1.54, 1.807) is 0 Å². The third kappa shape index (κ3) is 13.2. The van der Waals surface area contributed by atoms with Crippen molar-refractivity contribution < 1.29 is 0 Å². The molecule has 0 atom stereocenters. The van der Waals surface area contributed by atoms with Crippen LogP contribution in [-0.4, -0.2) is 52.3 Å². The number of para-hydroxylation sites is 12. The van der Waals surface area contributed by atoms with Crippen LogP contribution in [-0.2, 0) is 0 Å². The Bertz CT molecular complexity index is 9000. The van der Waals surface area contributed by atoms with Crippen molar-refractivity contribution in [2.45, 2.75) is 0 Å². The summed E-state index contributed by atoms with van der Waals surface area (Å²) < 4.78 is 14.1. The van der Waals surface area contributed by atoms with E-state index in [9.17, 15) is 5.26 Å². The standard InChI is InChI=1S/C46H30N4.C45H29N5.C31H19N3/c1-4-15-31(16-5-1)40-30-41(48-46(47-40)32-17-6-2-7-18-32)38-24-14-23-37-39-29-34(27-28-44(39)50(45(37)38)33-19-8-3-9-20-33)49-42-25-12-10-21-35(42)36-22-11-13-26-43(36)49;1-4-16-30(17-5-1)43-46-44(31-18-6-2-7-19-31)48-45(47-43)38-29-33(49-39-25-13-10-22-34(39)35-23-11-14-26-40(35)49)28-37-36-24-12-15-27-41(36)50(42(37)38)32-20-8-3-9-21-32;32-20-21-9-8-14-26-27-19-23(17-18-30(27)34(31(21)26)22-10-2-1-3-11-22)33-28-15-6-4-12-24(28)25-13-5-7-16-29(25)33/h1-30H;1-29H;1-19H. The van der Waals surface area contributed by atoms with E-state index in [0.717, 1.165) is 145 Å². The molecule has 0 aliphatic rings. The Morgan fingerprint density at radius 3 is 0.851 bits per heavy atom. The van der Waals surface area contributed by atoms with E-state index in [2.05, 4.69) is 416 Å². The highest BCUT2D eigenvalue weighted by atomic mass is 15.1. The molecule has 0 aliphatic carbocycles. The first kappa shape index (κ1) is 77.9. The molecule has 27 aromatic rings. The summed E-state index contributed by atoms with van der Waals surface area (Å²) in [5.74, 6) is 2.58. The molecule has 0 unspecified atom stereocenters. The van der Waals surface area contributed by atoms with E-state index < -0.39 is 0 Å². The summed E-state index contributed by atoms with van der Waals surface area (Å²) in [6, 6.07) is 168. The van der Waals surface area contributed by atoms with Gasteiger partial charge in [0.25, 0.3) is 0 Å². The van der Waals surface area contributed by atoms with Gasteiger partial charge in [-0.25, -0.2) is 24.9 Å². The van der Waals surface area contributed by atoms with Crippen molar-refractivity contribution in [3.63, 3.8) is 0 Å². The quantitative estimate of drug-likeness (QED) is 0.120. The number of hydrogen-bond acceptors (Lipinski definition) is 6. The second kappa shape index (κ2) is 32.7. The van der Waals surface area contributed by atoms with E-state index in [1.807, 2.05) is 91.0 Å². The smallest absolute Gasteiger partial charge is 0.166 e.